The highest BCUT2D eigenvalue weighted by atomic mass is 32.2. The zero-order chi connectivity index (χ0) is 25.5. The van der Waals surface area contributed by atoms with Crippen LogP contribution >= 0.6 is 23.1 Å². The van der Waals surface area contributed by atoms with Gasteiger partial charge in [-0.1, -0.05) is 32.5 Å². The van der Waals surface area contributed by atoms with E-state index in [1.165, 1.54) is 17.5 Å². The second-order valence-electron chi connectivity index (χ2n) is 8.90. The third kappa shape index (κ3) is 5.33. The predicted octanol–water partition coefficient (Wildman–Crippen LogP) is 4.26. The fourth-order valence-electron chi connectivity index (χ4n) is 3.01. The lowest BCUT2D eigenvalue weighted by Gasteiger charge is -2.29. The number of amides is 3. The van der Waals surface area contributed by atoms with Gasteiger partial charge in [0, 0.05) is 23.4 Å². The Morgan fingerprint density at radius 1 is 1.29 bits per heavy atom. The smallest absolute Gasteiger partial charge is 0.360 e. The number of carbonyl (C=O) groups is 2. The number of fused-ring (bicyclic) bond motifs is 1. The molecule has 35 heavy (non-hydrogen) atoms. The lowest BCUT2D eigenvalue weighted by Crippen LogP contribution is -2.48. The van der Waals surface area contributed by atoms with E-state index in [0.29, 0.717) is 22.2 Å². The second kappa shape index (κ2) is 9.24. The maximum atomic E-state index is 14.5. The van der Waals surface area contributed by atoms with Crippen LogP contribution < -0.4 is 10.1 Å². The Hall–Kier alpha value is -2.97. The number of ether oxygens (including phenoxy) is 1. The topological polar surface area (TPSA) is 121 Å². The standard InChI is InChI=1S/C21H22FN5O5S3/c1-21(2,3)11-32-16-6-5-12(7-14(16)22)15-10-33-18(23-15)24-17(28)8-13-9-34-20-25-19(29)26(4)35(30,31)27(13)20/h5-7,9-10H,8,11H2,1-4H3,(H,23,24,28). The second-order valence-corrected chi connectivity index (χ2v) is 12.4. The van der Waals surface area contributed by atoms with E-state index in [0.717, 1.165) is 34.5 Å². The minimum Gasteiger partial charge on any atom is -0.490 e. The van der Waals surface area contributed by atoms with Crippen LogP contribution in [0.5, 0.6) is 5.75 Å². The molecule has 1 aromatic carbocycles. The molecule has 0 saturated carbocycles. The number of rotatable bonds is 6. The van der Waals surface area contributed by atoms with E-state index in [1.807, 2.05) is 20.8 Å². The lowest BCUT2D eigenvalue weighted by molar-refractivity contribution is -0.115. The minimum atomic E-state index is -4.15. The summed E-state index contributed by atoms with van der Waals surface area (Å²) >= 11 is 2.10. The number of urea groups is 1. The zero-order valence-corrected chi connectivity index (χ0v) is 21.7. The summed E-state index contributed by atoms with van der Waals surface area (Å²) in [5.41, 5.74) is 1.04. The number of nitrogens with one attached hydrogen (secondary N) is 1. The molecule has 2 aliphatic rings. The number of aliphatic imine (C=N–C) groups is 1. The molecular weight excluding hydrogens is 517 g/mol. The third-order valence-corrected chi connectivity index (χ3v) is 8.22. The van der Waals surface area contributed by atoms with E-state index in [-0.39, 0.29) is 33.6 Å². The van der Waals surface area contributed by atoms with Crippen LogP contribution in [-0.2, 0) is 15.0 Å². The molecule has 0 atom stereocenters. The van der Waals surface area contributed by atoms with Crippen molar-refractivity contribution in [2.45, 2.75) is 27.2 Å². The summed E-state index contributed by atoms with van der Waals surface area (Å²) in [5, 5.41) is 6.00. The summed E-state index contributed by atoms with van der Waals surface area (Å²) in [7, 11) is -3.05. The average Bonchev–Trinajstić information content (AvgIpc) is 3.38. The molecule has 0 saturated heterocycles. The number of benzene rings is 1. The molecule has 0 spiro atoms. The van der Waals surface area contributed by atoms with Gasteiger partial charge in [-0.05, 0) is 23.6 Å². The Morgan fingerprint density at radius 2 is 2.03 bits per heavy atom. The number of amidine groups is 1. The number of aromatic nitrogens is 1. The summed E-state index contributed by atoms with van der Waals surface area (Å²) < 4.78 is 46.6. The van der Waals surface area contributed by atoms with Gasteiger partial charge in [0.05, 0.1) is 24.4 Å². The van der Waals surface area contributed by atoms with E-state index in [9.17, 15) is 22.4 Å². The van der Waals surface area contributed by atoms with Crippen LogP contribution in [0.4, 0.5) is 14.3 Å². The van der Waals surface area contributed by atoms with Crippen LogP contribution in [0.1, 0.15) is 27.2 Å². The third-order valence-electron chi connectivity index (χ3n) is 4.75. The number of nitrogens with zero attached hydrogens (tertiary/aromatic N) is 4. The molecule has 186 valence electrons. The van der Waals surface area contributed by atoms with Crippen molar-refractivity contribution < 1.29 is 27.1 Å². The number of thioether (sulfide) groups is 1. The Morgan fingerprint density at radius 3 is 2.71 bits per heavy atom. The number of carbonyl (C=O) groups excluding carboxylic acids is 2. The van der Waals surface area contributed by atoms with Gasteiger partial charge in [-0.15, -0.1) is 11.3 Å². The van der Waals surface area contributed by atoms with Crippen LogP contribution in [0.25, 0.3) is 11.3 Å². The number of anilines is 1. The Bertz CT molecular complexity index is 1360. The highest BCUT2D eigenvalue weighted by molar-refractivity contribution is 8.17. The van der Waals surface area contributed by atoms with Gasteiger partial charge in [-0.3, -0.25) is 4.79 Å². The molecule has 1 N–H and O–H groups in total. The molecule has 0 fully saturated rings. The van der Waals surface area contributed by atoms with Gasteiger partial charge < -0.3 is 10.1 Å². The summed E-state index contributed by atoms with van der Waals surface area (Å²) in [4.78, 5) is 32.4. The van der Waals surface area contributed by atoms with Gasteiger partial charge >= 0.3 is 16.2 Å². The van der Waals surface area contributed by atoms with Gasteiger partial charge in [-0.2, -0.15) is 13.4 Å². The Labute approximate surface area is 210 Å². The molecule has 0 aliphatic carbocycles. The molecule has 0 radical (unpaired) electrons. The van der Waals surface area contributed by atoms with Crippen molar-refractivity contribution in [1.82, 2.24) is 13.6 Å². The average molecular weight is 540 g/mol. The van der Waals surface area contributed by atoms with Crippen molar-refractivity contribution >= 4 is 55.5 Å². The molecule has 4 rings (SSSR count). The van der Waals surface area contributed by atoms with Crippen LogP contribution in [0.15, 0.2) is 39.7 Å². The van der Waals surface area contributed by atoms with E-state index >= 15 is 0 Å². The SMILES string of the molecule is CN1C(=O)N=C2SC=C(CC(=O)Nc3nc(-c4ccc(OCC(C)(C)C)c(F)c4)cs3)N2S1(=O)=O. The van der Waals surface area contributed by atoms with Crippen molar-refractivity contribution in [2.24, 2.45) is 10.4 Å². The molecule has 2 aromatic rings. The van der Waals surface area contributed by atoms with Crippen LogP contribution in [0, 0.1) is 11.2 Å². The van der Waals surface area contributed by atoms with E-state index in [1.54, 1.807) is 11.4 Å². The summed E-state index contributed by atoms with van der Waals surface area (Å²) in [5.74, 6) is -0.872. The fourth-order valence-corrected chi connectivity index (χ4v) is 6.13. The van der Waals surface area contributed by atoms with E-state index in [4.69, 9.17) is 4.74 Å². The maximum absolute atomic E-state index is 14.5. The normalized spacial score (nSPS) is 17.1. The van der Waals surface area contributed by atoms with Crippen molar-refractivity contribution in [3.8, 4) is 17.0 Å². The maximum Gasteiger partial charge on any atom is 0.360 e. The molecule has 1 aromatic heterocycles. The molecule has 0 bridgehead atoms. The number of hydrogen-bond donors (Lipinski definition) is 1. The number of thiazole rings is 1. The lowest BCUT2D eigenvalue weighted by atomic mass is 9.99. The number of halogens is 1. The Kier molecular flexibility index (Phi) is 6.64. The molecular formula is C21H22FN5O5S3. The molecule has 14 heteroatoms. The monoisotopic (exact) mass is 539 g/mol. The van der Waals surface area contributed by atoms with Crippen LogP contribution in [-0.4, -0.2) is 52.8 Å². The van der Waals surface area contributed by atoms with Crippen molar-refractivity contribution in [3.63, 3.8) is 0 Å². The van der Waals surface area contributed by atoms with E-state index < -0.39 is 28.0 Å². The quantitative estimate of drug-likeness (QED) is 0.582. The van der Waals surface area contributed by atoms with Gasteiger partial charge in [0.1, 0.15) is 0 Å². The highest BCUT2D eigenvalue weighted by Crippen LogP contribution is 2.35. The van der Waals surface area contributed by atoms with Crippen molar-refractivity contribution in [2.75, 3.05) is 19.0 Å². The first kappa shape index (κ1) is 25.1. The van der Waals surface area contributed by atoms with Gasteiger partial charge in [0.2, 0.25) is 5.91 Å². The van der Waals surface area contributed by atoms with E-state index in [2.05, 4.69) is 15.3 Å². The first-order chi connectivity index (χ1) is 16.3. The first-order valence-corrected chi connectivity index (χ1v) is 13.5. The predicted molar refractivity (Wildman–Crippen MR) is 133 cm³/mol. The summed E-state index contributed by atoms with van der Waals surface area (Å²) in [6.07, 6.45) is -0.281. The highest BCUT2D eigenvalue weighted by Gasteiger charge is 2.43. The minimum absolute atomic E-state index is 0.0237. The van der Waals surface area contributed by atoms with Crippen molar-refractivity contribution in [1.29, 1.82) is 0 Å². The van der Waals surface area contributed by atoms with Crippen molar-refractivity contribution in [3.05, 3.63) is 40.5 Å². The van der Waals surface area contributed by atoms with Crippen LogP contribution in [0.2, 0.25) is 0 Å². The Balaban J connectivity index is 1.42. The molecule has 0 unspecified atom stereocenters. The van der Waals surface area contributed by atoms with Gasteiger partial charge in [-0.25, -0.2) is 22.8 Å². The molecule has 2 aliphatic heterocycles. The molecule has 3 amide bonds. The summed E-state index contributed by atoms with van der Waals surface area (Å²) in [6, 6.07) is 3.64. The summed E-state index contributed by atoms with van der Waals surface area (Å²) in [6.45, 7) is 6.33. The zero-order valence-electron chi connectivity index (χ0n) is 19.2. The fraction of sp³-hybridized carbons (Fsp3) is 0.333. The first-order valence-electron chi connectivity index (χ1n) is 10.3. The molecule has 3 heterocycles. The van der Waals surface area contributed by atoms with Gasteiger partial charge in [0.15, 0.2) is 21.9 Å². The number of hydrogen-bond acceptors (Lipinski definition) is 8. The van der Waals surface area contributed by atoms with Gasteiger partial charge in [0.25, 0.3) is 0 Å². The van der Waals surface area contributed by atoms with Crippen LogP contribution in [0.3, 0.4) is 0 Å². The largest absolute Gasteiger partial charge is 0.490 e. The molecule has 10 nitrogen and oxygen atoms in total.